The second kappa shape index (κ2) is 7.56. The third kappa shape index (κ3) is 4.30. The highest BCUT2D eigenvalue weighted by Gasteiger charge is 2.36. The molecule has 0 aromatic rings. The van der Waals surface area contributed by atoms with Crippen molar-refractivity contribution in [3.63, 3.8) is 0 Å². The van der Waals surface area contributed by atoms with E-state index in [1.807, 2.05) is 0 Å². The first-order valence-corrected chi connectivity index (χ1v) is 8.44. The maximum Gasteiger partial charge on any atom is 0.159 e. The van der Waals surface area contributed by atoms with Crippen molar-refractivity contribution in [1.82, 2.24) is 0 Å². The number of methoxy groups -OCH3 is 1. The van der Waals surface area contributed by atoms with Crippen LogP contribution in [0.1, 0.15) is 59.3 Å². The fourth-order valence-corrected chi connectivity index (χ4v) is 3.75. The fourth-order valence-electron chi connectivity index (χ4n) is 3.75. The van der Waals surface area contributed by atoms with Gasteiger partial charge >= 0.3 is 0 Å². The number of allylic oxidation sites excluding steroid dienone is 3. The number of ether oxygens (including phenoxy) is 2. The molecule has 0 aromatic carbocycles. The van der Waals surface area contributed by atoms with Gasteiger partial charge in [-0.1, -0.05) is 31.6 Å². The van der Waals surface area contributed by atoms with Gasteiger partial charge in [-0.25, -0.2) is 0 Å². The average molecular weight is 306 g/mol. The number of fused-ring (bicyclic) bond motifs is 1. The molecule has 0 heterocycles. The van der Waals surface area contributed by atoms with Crippen LogP contribution in [0.3, 0.4) is 0 Å². The van der Waals surface area contributed by atoms with E-state index in [1.54, 1.807) is 7.11 Å². The lowest BCUT2D eigenvalue weighted by Crippen LogP contribution is -2.23. The summed E-state index contributed by atoms with van der Waals surface area (Å²) in [5.74, 6) is 0.678. The molecule has 0 aromatic heterocycles. The summed E-state index contributed by atoms with van der Waals surface area (Å²) < 4.78 is 10.9. The molecule has 3 nitrogen and oxygen atoms in total. The molecule has 22 heavy (non-hydrogen) atoms. The quantitative estimate of drug-likeness (QED) is 0.571. The van der Waals surface area contributed by atoms with Gasteiger partial charge in [0.05, 0.1) is 6.10 Å². The van der Waals surface area contributed by atoms with Gasteiger partial charge in [0, 0.05) is 13.5 Å². The van der Waals surface area contributed by atoms with Gasteiger partial charge in [-0.3, -0.25) is 4.79 Å². The Kier molecular flexibility index (Phi) is 5.99. The lowest BCUT2D eigenvalue weighted by atomic mass is 9.77. The molecule has 0 amide bonds. The van der Waals surface area contributed by atoms with E-state index in [9.17, 15) is 4.79 Å². The Morgan fingerprint density at radius 1 is 1.32 bits per heavy atom. The van der Waals surface area contributed by atoms with Crippen LogP contribution in [0.2, 0.25) is 0 Å². The molecule has 0 radical (unpaired) electrons. The van der Waals surface area contributed by atoms with Crippen molar-refractivity contribution in [3.8, 4) is 0 Å². The van der Waals surface area contributed by atoms with Crippen LogP contribution >= 0.6 is 0 Å². The third-order valence-electron chi connectivity index (χ3n) is 5.07. The number of hydrogen-bond donors (Lipinski definition) is 0. The summed E-state index contributed by atoms with van der Waals surface area (Å²) in [6.07, 6.45) is 10.2. The standard InChI is InChI=1S/C19H30O3/c1-14-7-9-19(3)8-5-6-17(19)18(20)12-15(2)11-16(10-14)22-13-21-4/h6-7,15-16H,5,8-13H2,1-4H3/b14-7-/t15-,16+,19+/m1/s1. The van der Waals surface area contributed by atoms with E-state index in [-0.39, 0.29) is 11.5 Å². The minimum absolute atomic E-state index is 0.0330. The highest BCUT2D eigenvalue weighted by atomic mass is 16.7. The van der Waals surface area contributed by atoms with Crippen molar-refractivity contribution < 1.29 is 14.3 Å². The van der Waals surface area contributed by atoms with Crippen LogP contribution in [-0.4, -0.2) is 25.8 Å². The Morgan fingerprint density at radius 2 is 2.09 bits per heavy atom. The highest BCUT2D eigenvalue weighted by Crippen LogP contribution is 2.44. The molecular weight excluding hydrogens is 276 g/mol. The van der Waals surface area contributed by atoms with Crippen LogP contribution in [0.5, 0.6) is 0 Å². The predicted octanol–water partition coefficient (Wildman–Crippen LogP) is 4.43. The lowest BCUT2D eigenvalue weighted by Gasteiger charge is -2.26. The van der Waals surface area contributed by atoms with Gasteiger partial charge in [0.15, 0.2) is 5.78 Å². The Labute approximate surface area is 134 Å². The summed E-state index contributed by atoms with van der Waals surface area (Å²) >= 11 is 0. The Balaban J connectivity index is 2.19. The van der Waals surface area contributed by atoms with Crippen LogP contribution in [0, 0.1) is 11.3 Å². The number of carbonyl (C=O) groups is 1. The average Bonchev–Trinajstić information content (AvgIpc) is 2.84. The molecule has 0 aliphatic heterocycles. The summed E-state index contributed by atoms with van der Waals surface area (Å²) in [6.45, 7) is 6.90. The first-order valence-electron chi connectivity index (χ1n) is 8.44. The summed E-state index contributed by atoms with van der Waals surface area (Å²) in [5, 5.41) is 0. The molecule has 3 heteroatoms. The minimum Gasteiger partial charge on any atom is -0.359 e. The number of rotatable bonds is 3. The van der Waals surface area contributed by atoms with E-state index < -0.39 is 0 Å². The first-order chi connectivity index (χ1) is 10.4. The molecule has 0 saturated carbocycles. The summed E-state index contributed by atoms with van der Waals surface area (Å²) in [4.78, 5) is 12.7. The Bertz CT molecular complexity index is 463. The first kappa shape index (κ1) is 17.4. The summed E-state index contributed by atoms with van der Waals surface area (Å²) in [7, 11) is 1.65. The van der Waals surface area contributed by atoms with Gasteiger partial charge in [0.1, 0.15) is 6.79 Å². The summed E-state index contributed by atoms with van der Waals surface area (Å²) in [5.41, 5.74) is 2.46. The van der Waals surface area contributed by atoms with Gasteiger partial charge < -0.3 is 9.47 Å². The smallest absolute Gasteiger partial charge is 0.159 e. The van der Waals surface area contributed by atoms with E-state index in [1.165, 1.54) is 5.57 Å². The molecule has 124 valence electrons. The molecule has 0 saturated heterocycles. The van der Waals surface area contributed by atoms with Crippen molar-refractivity contribution in [1.29, 1.82) is 0 Å². The zero-order valence-corrected chi connectivity index (χ0v) is 14.5. The molecular formula is C19H30O3. The van der Waals surface area contributed by atoms with Gasteiger partial charge in [0.2, 0.25) is 0 Å². The second-order valence-electron chi connectivity index (χ2n) is 7.34. The number of carbonyl (C=O) groups excluding carboxylic acids is 1. The van der Waals surface area contributed by atoms with Crippen molar-refractivity contribution in [2.24, 2.45) is 11.3 Å². The number of hydrogen-bond acceptors (Lipinski definition) is 3. The summed E-state index contributed by atoms with van der Waals surface area (Å²) in [6, 6.07) is 0. The van der Waals surface area contributed by atoms with Gasteiger partial charge in [-0.05, 0) is 55.9 Å². The highest BCUT2D eigenvalue weighted by molar-refractivity contribution is 5.97. The monoisotopic (exact) mass is 306 g/mol. The van der Waals surface area contributed by atoms with Crippen LogP contribution in [0.4, 0.5) is 0 Å². The van der Waals surface area contributed by atoms with E-state index >= 15 is 0 Å². The van der Waals surface area contributed by atoms with Crippen LogP contribution in [0.15, 0.2) is 23.3 Å². The number of ketones is 1. The van der Waals surface area contributed by atoms with E-state index in [0.29, 0.717) is 24.9 Å². The zero-order chi connectivity index (χ0) is 16.2. The maximum absolute atomic E-state index is 12.7. The normalized spacial score (nSPS) is 36.1. The number of Topliss-reactive ketones (excluding diaryl/α,β-unsaturated/α-hetero) is 1. The van der Waals surface area contributed by atoms with Crippen molar-refractivity contribution in [2.45, 2.75) is 65.4 Å². The molecule has 2 aliphatic carbocycles. The second-order valence-corrected chi connectivity index (χ2v) is 7.34. The SMILES string of the molecule is COCO[C@H]1C/C(C)=C\C[C@]2(C)CCC=C2C(=O)C[C@H](C)C1. The van der Waals surface area contributed by atoms with E-state index in [0.717, 1.165) is 37.7 Å². The largest absolute Gasteiger partial charge is 0.359 e. The van der Waals surface area contributed by atoms with E-state index in [4.69, 9.17) is 9.47 Å². The molecule has 0 N–H and O–H groups in total. The van der Waals surface area contributed by atoms with Gasteiger partial charge in [0.25, 0.3) is 0 Å². The minimum atomic E-state index is 0.0330. The predicted molar refractivity (Wildman–Crippen MR) is 88.6 cm³/mol. The van der Waals surface area contributed by atoms with Gasteiger partial charge in [-0.2, -0.15) is 0 Å². The molecule has 0 unspecified atom stereocenters. The van der Waals surface area contributed by atoms with Crippen molar-refractivity contribution in [2.75, 3.05) is 13.9 Å². The van der Waals surface area contributed by atoms with Crippen LogP contribution in [0.25, 0.3) is 0 Å². The zero-order valence-electron chi connectivity index (χ0n) is 14.5. The molecule has 2 rings (SSSR count). The maximum atomic E-state index is 12.7. The Hall–Kier alpha value is -0.930. The van der Waals surface area contributed by atoms with Crippen LogP contribution < -0.4 is 0 Å². The van der Waals surface area contributed by atoms with Crippen LogP contribution in [-0.2, 0) is 14.3 Å². The molecule has 3 atom stereocenters. The topological polar surface area (TPSA) is 35.5 Å². The molecule has 0 bridgehead atoms. The fraction of sp³-hybridized carbons (Fsp3) is 0.737. The van der Waals surface area contributed by atoms with Gasteiger partial charge in [-0.15, -0.1) is 0 Å². The van der Waals surface area contributed by atoms with Crippen molar-refractivity contribution >= 4 is 5.78 Å². The lowest BCUT2D eigenvalue weighted by molar-refractivity contribution is -0.117. The van der Waals surface area contributed by atoms with E-state index in [2.05, 4.69) is 32.9 Å². The third-order valence-corrected chi connectivity index (χ3v) is 5.07. The van der Waals surface area contributed by atoms with Crippen molar-refractivity contribution in [3.05, 3.63) is 23.3 Å². The Morgan fingerprint density at radius 3 is 2.82 bits per heavy atom. The molecule has 2 aliphatic rings. The molecule has 0 fully saturated rings. The molecule has 0 spiro atoms.